The van der Waals surface area contributed by atoms with Gasteiger partial charge >= 0.3 is 0 Å². The number of methoxy groups -OCH3 is 2. The highest BCUT2D eigenvalue weighted by molar-refractivity contribution is 9.10. The summed E-state index contributed by atoms with van der Waals surface area (Å²) in [7, 11) is 3.22. The van der Waals surface area contributed by atoms with Crippen LogP contribution in [0.25, 0.3) is 11.1 Å². The van der Waals surface area contributed by atoms with Crippen LogP contribution in [0.4, 0.5) is 5.69 Å². The number of para-hydroxylation sites is 1. The zero-order chi connectivity index (χ0) is 33.2. The van der Waals surface area contributed by atoms with Crippen LogP contribution in [0.3, 0.4) is 0 Å². The summed E-state index contributed by atoms with van der Waals surface area (Å²) in [5.74, 6) is -1.66. The second-order valence-corrected chi connectivity index (χ2v) is 13.2. The molecule has 8 rings (SSSR count). The third-order valence-corrected chi connectivity index (χ3v) is 11.0. The number of hydrogen-bond acceptors (Lipinski definition) is 5. The molecule has 0 radical (unpaired) electrons. The van der Waals surface area contributed by atoms with Crippen molar-refractivity contribution in [1.29, 1.82) is 0 Å². The largest absolute Gasteiger partial charge is 0.497 e. The summed E-state index contributed by atoms with van der Waals surface area (Å²) in [5, 5.41) is 0. The number of nitrogens with zero attached hydrogens (tertiary/aromatic N) is 1. The molecule has 5 aromatic rings. The number of rotatable bonds is 7. The molecule has 0 N–H and O–H groups in total. The van der Waals surface area contributed by atoms with Gasteiger partial charge in [-0.15, -0.1) is 0 Å². The third kappa shape index (κ3) is 3.82. The molecule has 7 heteroatoms. The Kier molecular flexibility index (Phi) is 7.00. The number of ether oxygens (including phenoxy) is 2. The van der Waals surface area contributed by atoms with Gasteiger partial charge in [-0.3, -0.25) is 14.4 Å². The maximum Gasteiger partial charge on any atom is 0.239 e. The van der Waals surface area contributed by atoms with E-state index in [1.54, 1.807) is 26.4 Å². The zero-order valence-corrected chi connectivity index (χ0v) is 27.8. The van der Waals surface area contributed by atoms with Gasteiger partial charge in [0.2, 0.25) is 11.8 Å². The SMILES string of the molecule is COc1ccc(C2=C(c3ccc(OC)cc3)[C@@]3(c4ccccc4)C(=O)[C@@]2(c2ccccc2)[C@H]2C(=O)N(c4ccccc4Br)C(=O)[C@@H]23)cc1. The number of ketones is 1. The normalized spacial score (nSPS) is 24.3. The molecule has 4 atom stereocenters. The van der Waals surface area contributed by atoms with E-state index in [2.05, 4.69) is 15.9 Å². The first-order chi connectivity index (χ1) is 23.4. The van der Waals surface area contributed by atoms with Gasteiger partial charge in [0, 0.05) is 4.47 Å². The Balaban J connectivity index is 1.55. The van der Waals surface area contributed by atoms with Crippen LogP contribution in [-0.2, 0) is 25.2 Å². The molecule has 3 aliphatic rings. The number of carbonyl (C=O) groups is 3. The highest BCUT2D eigenvalue weighted by Gasteiger charge is 2.82. The summed E-state index contributed by atoms with van der Waals surface area (Å²) in [5.41, 5.74) is 1.79. The highest BCUT2D eigenvalue weighted by Crippen LogP contribution is 2.74. The van der Waals surface area contributed by atoms with Crippen LogP contribution in [-0.4, -0.2) is 31.8 Å². The van der Waals surface area contributed by atoms with Gasteiger partial charge in [-0.1, -0.05) is 97.1 Å². The third-order valence-electron chi connectivity index (χ3n) is 10.3. The molecule has 236 valence electrons. The Labute approximate surface area is 286 Å². The number of benzene rings is 5. The number of anilines is 1. The van der Waals surface area contributed by atoms with Crippen molar-refractivity contribution in [2.24, 2.45) is 11.8 Å². The van der Waals surface area contributed by atoms with Crippen LogP contribution in [0.15, 0.2) is 138 Å². The molecule has 0 spiro atoms. The lowest BCUT2D eigenvalue weighted by Crippen LogP contribution is -2.45. The predicted octanol–water partition coefficient (Wildman–Crippen LogP) is 7.66. The lowest BCUT2D eigenvalue weighted by molar-refractivity contribution is -0.130. The topological polar surface area (TPSA) is 72.9 Å². The van der Waals surface area contributed by atoms with E-state index in [1.165, 1.54) is 4.90 Å². The van der Waals surface area contributed by atoms with Crippen molar-refractivity contribution < 1.29 is 23.9 Å². The zero-order valence-electron chi connectivity index (χ0n) is 26.2. The summed E-state index contributed by atoms with van der Waals surface area (Å²) in [4.78, 5) is 47.5. The summed E-state index contributed by atoms with van der Waals surface area (Å²) < 4.78 is 11.7. The Morgan fingerprint density at radius 3 is 1.33 bits per heavy atom. The fourth-order valence-corrected chi connectivity index (χ4v) is 8.97. The molecule has 1 heterocycles. The minimum absolute atomic E-state index is 0.174. The smallest absolute Gasteiger partial charge is 0.239 e. The number of fused-ring (bicyclic) bond motifs is 5. The van der Waals surface area contributed by atoms with Crippen molar-refractivity contribution in [1.82, 2.24) is 0 Å². The first-order valence-electron chi connectivity index (χ1n) is 15.7. The summed E-state index contributed by atoms with van der Waals surface area (Å²) in [6.45, 7) is 0. The van der Waals surface area contributed by atoms with Crippen molar-refractivity contribution in [3.05, 3.63) is 160 Å². The lowest BCUT2D eigenvalue weighted by Gasteiger charge is -2.39. The van der Waals surface area contributed by atoms with E-state index in [1.807, 2.05) is 121 Å². The Morgan fingerprint density at radius 1 is 0.542 bits per heavy atom. The summed E-state index contributed by atoms with van der Waals surface area (Å²) >= 11 is 3.59. The minimum Gasteiger partial charge on any atom is -0.497 e. The molecule has 2 aliphatic carbocycles. The molecule has 1 aliphatic heterocycles. The highest BCUT2D eigenvalue weighted by atomic mass is 79.9. The number of allylic oxidation sites excluding steroid dienone is 2. The van der Waals surface area contributed by atoms with E-state index in [9.17, 15) is 0 Å². The van der Waals surface area contributed by atoms with Gasteiger partial charge in [0.1, 0.15) is 11.5 Å². The van der Waals surface area contributed by atoms with E-state index in [4.69, 9.17) is 9.47 Å². The molecule has 48 heavy (non-hydrogen) atoms. The average Bonchev–Trinajstić information content (AvgIpc) is 3.64. The lowest BCUT2D eigenvalue weighted by atomic mass is 9.59. The first-order valence-corrected chi connectivity index (χ1v) is 16.5. The number of hydrogen-bond donors (Lipinski definition) is 0. The molecule has 0 unspecified atom stereocenters. The maximum atomic E-state index is 16.0. The van der Waals surface area contributed by atoms with Crippen LogP contribution >= 0.6 is 15.9 Å². The standard InChI is InChI=1S/C41H30BrNO5/c1-47-29-21-17-25(18-22-29)33-34(26-19-23-30(48-2)24-20-26)41(28-13-7-4-8-14-28)36-35(40(33,39(41)46)27-11-5-3-6-12-27)37(44)43(38(36)45)32-16-10-9-15-31(32)42/h3-24,35-36H,1-2H3/t35-,36-,40-,41-/m1/s1. The summed E-state index contributed by atoms with van der Waals surface area (Å²) in [6.07, 6.45) is 0. The fourth-order valence-electron chi connectivity index (χ4n) is 8.51. The second kappa shape index (κ2) is 11.2. The van der Waals surface area contributed by atoms with E-state index < -0.39 is 34.5 Å². The van der Waals surface area contributed by atoms with Crippen molar-refractivity contribution in [2.75, 3.05) is 19.1 Å². The Bertz CT molecular complexity index is 2000. The van der Waals surface area contributed by atoms with Crippen molar-refractivity contribution in [2.45, 2.75) is 10.8 Å². The van der Waals surface area contributed by atoms with Gasteiger partial charge in [-0.25, -0.2) is 4.90 Å². The van der Waals surface area contributed by atoms with Gasteiger partial charge < -0.3 is 9.47 Å². The molecule has 1 saturated heterocycles. The van der Waals surface area contributed by atoms with Crippen LogP contribution < -0.4 is 14.4 Å². The van der Waals surface area contributed by atoms with E-state index in [0.717, 1.165) is 11.1 Å². The molecular formula is C41H30BrNO5. The molecular weight excluding hydrogens is 666 g/mol. The van der Waals surface area contributed by atoms with Crippen molar-refractivity contribution in [3.63, 3.8) is 0 Å². The van der Waals surface area contributed by atoms with E-state index in [0.29, 0.717) is 43.9 Å². The van der Waals surface area contributed by atoms with Gasteiger partial charge in [0.25, 0.3) is 0 Å². The average molecular weight is 697 g/mol. The van der Waals surface area contributed by atoms with Crippen molar-refractivity contribution in [3.8, 4) is 11.5 Å². The van der Waals surface area contributed by atoms with Crippen LogP contribution in [0.2, 0.25) is 0 Å². The molecule has 2 amide bonds. The quantitative estimate of drug-likeness (QED) is 0.164. The van der Waals surface area contributed by atoms with Gasteiger partial charge in [0.05, 0.1) is 42.6 Å². The van der Waals surface area contributed by atoms with Gasteiger partial charge in [0.15, 0.2) is 5.78 Å². The molecule has 1 saturated carbocycles. The Morgan fingerprint density at radius 2 is 0.938 bits per heavy atom. The second-order valence-electron chi connectivity index (χ2n) is 12.3. The van der Waals surface area contributed by atoms with Gasteiger partial charge in [-0.2, -0.15) is 0 Å². The van der Waals surface area contributed by atoms with E-state index in [-0.39, 0.29) is 5.78 Å². The molecule has 0 aromatic heterocycles. The minimum atomic E-state index is -1.49. The van der Waals surface area contributed by atoms with E-state index >= 15 is 14.4 Å². The number of amides is 2. The maximum absolute atomic E-state index is 16.0. The number of halogens is 1. The summed E-state index contributed by atoms with van der Waals surface area (Å²) in [6, 6.07) is 41.4. The number of imide groups is 1. The molecule has 5 aromatic carbocycles. The predicted molar refractivity (Wildman–Crippen MR) is 188 cm³/mol. The van der Waals surface area contributed by atoms with Gasteiger partial charge in [-0.05, 0) is 85.7 Å². The Hall–Kier alpha value is -5.27. The number of Topliss-reactive ketones (excluding diaryl/α,β-unsaturated/α-hetero) is 1. The monoisotopic (exact) mass is 695 g/mol. The van der Waals surface area contributed by atoms with Crippen molar-refractivity contribution >= 4 is 50.4 Å². The van der Waals surface area contributed by atoms with Crippen LogP contribution in [0.5, 0.6) is 11.5 Å². The molecule has 6 nitrogen and oxygen atoms in total. The van der Waals surface area contributed by atoms with Crippen LogP contribution in [0.1, 0.15) is 22.3 Å². The van der Waals surface area contributed by atoms with Crippen LogP contribution in [0, 0.1) is 11.8 Å². The molecule has 2 bridgehead atoms. The first kappa shape index (κ1) is 30.1. The number of carbonyl (C=O) groups excluding carboxylic acids is 3. The molecule has 2 fully saturated rings. The fraction of sp³-hybridized carbons (Fsp3) is 0.146.